The van der Waals surface area contributed by atoms with Gasteiger partial charge in [0.2, 0.25) is 0 Å². The predicted molar refractivity (Wildman–Crippen MR) is 62.7 cm³/mol. The van der Waals surface area contributed by atoms with E-state index >= 15 is 0 Å². The number of hydrogen-bond acceptors (Lipinski definition) is 2. The number of carbonyl (C=O) groups is 1. The van der Waals surface area contributed by atoms with E-state index in [0.29, 0.717) is 0 Å². The highest BCUT2D eigenvalue weighted by Gasteiger charge is 2.42. The molecule has 1 N–H and O–H groups in total. The van der Waals surface area contributed by atoms with Gasteiger partial charge in [-0.3, -0.25) is 4.79 Å². The van der Waals surface area contributed by atoms with Gasteiger partial charge in [-0.1, -0.05) is 0 Å². The number of carbonyl (C=O) groups excluding carboxylic acids is 1. The van der Waals surface area contributed by atoms with E-state index < -0.39 is 36.1 Å². The highest BCUT2D eigenvalue weighted by Crippen LogP contribution is 2.34. The number of phenolic OH excluding ortho intramolecular Hbond substituents is 1. The monoisotopic (exact) mass is 291 g/mol. The number of likely N-dealkylation sites (tertiary alicyclic amines) is 1. The van der Waals surface area contributed by atoms with Gasteiger partial charge in [0.25, 0.3) is 5.91 Å². The number of alkyl halides is 3. The van der Waals surface area contributed by atoms with Crippen LogP contribution in [0.5, 0.6) is 5.75 Å². The molecule has 1 heterocycles. The summed E-state index contributed by atoms with van der Waals surface area (Å²) in [4.78, 5) is 13.1. The summed E-state index contributed by atoms with van der Waals surface area (Å²) in [7, 11) is 0. The average molecular weight is 291 g/mol. The molecular weight excluding hydrogens is 278 g/mol. The van der Waals surface area contributed by atoms with Gasteiger partial charge in [0.1, 0.15) is 11.6 Å². The molecule has 0 bridgehead atoms. The second kappa shape index (κ2) is 5.30. The molecule has 1 aliphatic rings. The van der Waals surface area contributed by atoms with Crippen LogP contribution in [0.1, 0.15) is 23.2 Å². The van der Waals surface area contributed by atoms with Crippen LogP contribution in [0.15, 0.2) is 18.2 Å². The number of nitrogens with zero attached hydrogens (tertiary/aromatic N) is 1. The van der Waals surface area contributed by atoms with Crippen molar-refractivity contribution in [1.82, 2.24) is 4.90 Å². The molecule has 0 aliphatic carbocycles. The van der Waals surface area contributed by atoms with E-state index in [1.165, 1.54) is 0 Å². The van der Waals surface area contributed by atoms with E-state index in [2.05, 4.69) is 0 Å². The van der Waals surface area contributed by atoms with E-state index in [0.717, 1.165) is 23.1 Å². The third kappa shape index (κ3) is 3.02. The van der Waals surface area contributed by atoms with Crippen LogP contribution in [0, 0.1) is 11.7 Å². The van der Waals surface area contributed by atoms with E-state index in [-0.39, 0.29) is 24.9 Å². The number of amides is 1. The molecule has 1 atom stereocenters. The third-order valence-electron chi connectivity index (χ3n) is 3.36. The Morgan fingerprint density at radius 1 is 1.35 bits per heavy atom. The highest BCUT2D eigenvalue weighted by atomic mass is 19.4. The largest absolute Gasteiger partial charge is 0.507 e. The summed E-state index contributed by atoms with van der Waals surface area (Å²) in [5.74, 6) is -3.52. The fourth-order valence-electron chi connectivity index (χ4n) is 2.28. The van der Waals surface area contributed by atoms with E-state index in [1.807, 2.05) is 0 Å². The molecule has 0 radical (unpaired) electrons. The first-order valence-electron chi connectivity index (χ1n) is 6.13. The maximum absolute atomic E-state index is 13.1. The van der Waals surface area contributed by atoms with Crippen molar-refractivity contribution < 1.29 is 27.5 Å². The topological polar surface area (TPSA) is 40.5 Å². The van der Waals surface area contributed by atoms with Gasteiger partial charge < -0.3 is 10.0 Å². The Morgan fingerprint density at radius 2 is 2.05 bits per heavy atom. The Morgan fingerprint density at radius 3 is 2.70 bits per heavy atom. The summed E-state index contributed by atoms with van der Waals surface area (Å²) in [5, 5.41) is 9.53. The first kappa shape index (κ1) is 14.6. The molecule has 1 amide bonds. The van der Waals surface area contributed by atoms with Gasteiger partial charge in [-0.25, -0.2) is 4.39 Å². The molecule has 1 aromatic carbocycles. The summed E-state index contributed by atoms with van der Waals surface area (Å²) in [6, 6.07) is 2.81. The van der Waals surface area contributed by atoms with Crippen LogP contribution < -0.4 is 0 Å². The standard InChI is InChI=1S/C13H13F4NO2/c14-9-3-4-11(19)10(6-9)12(20)18-5-1-2-8(7-18)13(15,16)17/h3-4,6,8,19H,1-2,5,7H2. The normalized spacial score (nSPS) is 20.0. The predicted octanol–water partition coefficient (Wildman–Crippen LogP) is 2.95. The lowest BCUT2D eigenvalue weighted by Gasteiger charge is -2.33. The minimum Gasteiger partial charge on any atom is -0.507 e. The van der Waals surface area contributed by atoms with Crippen LogP contribution in [0.25, 0.3) is 0 Å². The zero-order valence-electron chi connectivity index (χ0n) is 10.5. The number of hydrogen-bond donors (Lipinski definition) is 1. The van der Waals surface area contributed by atoms with Crippen LogP contribution in [-0.4, -0.2) is 35.2 Å². The summed E-state index contributed by atoms with van der Waals surface area (Å²) in [5.41, 5.74) is -0.312. The molecule has 1 aromatic rings. The molecule has 110 valence electrons. The van der Waals surface area contributed by atoms with Crippen molar-refractivity contribution >= 4 is 5.91 Å². The smallest absolute Gasteiger partial charge is 0.393 e. The molecule has 1 saturated heterocycles. The lowest BCUT2D eigenvalue weighted by atomic mass is 9.97. The summed E-state index contributed by atoms with van der Waals surface area (Å²) < 4.78 is 51.1. The van der Waals surface area contributed by atoms with Gasteiger partial charge in [0.15, 0.2) is 0 Å². The van der Waals surface area contributed by atoms with Gasteiger partial charge in [-0.05, 0) is 31.0 Å². The van der Waals surface area contributed by atoms with Crippen molar-refractivity contribution in [3.05, 3.63) is 29.6 Å². The van der Waals surface area contributed by atoms with Gasteiger partial charge in [-0.15, -0.1) is 0 Å². The van der Waals surface area contributed by atoms with Crippen molar-refractivity contribution in [2.75, 3.05) is 13.1 Å². The Labute approximate surface area is 112 Å². The Kier molecular flexibility index (Phi) is 3.87. The first-order chi connectivity index (χ1) is 9.29. The molecule has 0 saturated carbocycles. The van der Waals surface area contributed by atoms with Crippen molar-refractivity contribution in [3.8, 4) is 5.75 Å². The van der Waals surface area contributed by atoms with Crippen molar-refractivity contribution in [1.29, 1.82) is 0 Å². The van der Waals surface area contributed by atoms with Crippen LogP contribution in [0.4, 0.5) is 17.6 Å². The molecule has 7 heteroatoms. The second-order valence-corrected chi connectivity index (χ2v) is 4.79. The SMILES string of the molecule is O=C(c1cc(F)ccc1O)N1CCCC(C(F)(F)F)C1. The quantitative estimate of drug-likeness (QED) is 0.808. The fraction of sp³-hybridized carbons (Fsp3) is 0.462. The van der Waals surface area contributed by atoms with Gasteiger partial charge in [-0.2, -0.15) is 13.2 Å². The number of phenols is 1. The van der Waals surface area contributed by atoms with Crippen LogP contribution >= 0.6 is 0 Å². The zero-order valence-corrected chi connectivity index (χ0v) is 10.5. The maximum Gasteiger partial charge on any atom is 0.393 e. The van der Waals surface area contributed by atoms with Gasteiger partial charge in [0.05, 0.1) is 11.5 Å². The highest BCUT2D eigenvalue weighted by molar-refractivity contribution is 5.96. The molecular formula is C13H13F4NO2. The molecule has 3 nitrogen and oxygen atoms in total. The molecule has 1 unspecified atom stereocenters. The first-order valence-corrected chi connectivity index (χ1v) is 6.13. The number of piperidine rings is 1. The number of halogens is 4. The molecule has 20 heavy (non-hydrogen) atoms. The van der Waals surface area contributed by atoms with Gasteiger partial charge >= 0.3 is 6.18 Å². The third-order valence-corrected chi connectivity index (χ3v) is 3.36. The molecule has 2 rings (SSSR count). The van der Waals surface area contributed by atoms with Crippen LogP contribution in [-0.2, 0) is 0 Å². The minimum atomic E-state index is -4.36. The summed E-state index contributed by atoms with van der Waals surface area (Å²) in [6.07, 6.45) is -4.16. The number of benzene rings is 1. The van der Waals surface area contributed by atoms with E-state index in [1.54, 1.807) is 0 Å². The molecule has 0 aromatic heterocycles. The van der Waals surface area contributed by atoms with Crippen molar-refractivity contribution in [2.24, 2.45) is 5.92 Å². The number of rotatable bonds is 1. The second-order valence-electron chi connectivity index (χ2n) is 4.79. The van der Waals surface area contributed by atoms with E-state index in [9.17, 15) is 27.5 Å². The molecule has 1 aliphatic heterocycles. The fourth-order valence-corrected chi connectivity index (χ4v) is 2.28. The molecule has 1 fully saturated rings. The Hall–Kier alpha value is -1.79. The van der Waals surface area contributed by atoms with Crippen LogP contribution in [0.2, 0.25) is 0 Å². The van der Waals surface area contributed by atoms with Crippen molar-refractivity contribution in [3.63, 3.8) is 0 Å². The number of aromatic hydroxyl groups is 1. The lowest BCUT2D eigenvalue weighted by molar-refractivity contribution is -0.184. The summed E-state index contributed by atoms with van der Waals surface area (Å²) in [6.45, 7) is -0.292. The van der Waals surface area contributed by atoms with Gasteiger partial charge in [0, 0.05) is 13.1 Å². The average Bonchev–Trinajstić information content (AvgIpc) is 2.40. The minimum absolute atomic E-state index is 0.0254. The van der Waals surface area contributed by atoms with Crippen LogP contribution in [0.3, 0.4) is 0 Å². The lowest BCUT2D eigenvalue weighted by Crippen LogP contribution is -2.44. The van der Waals surface area contributed by atoms with E-state index in [4.69, 9.17) is 0 Å². The van der Waals surface area contributed by atoms with Crippen molar-refractivity contribution in [2.45, 2.75) is 19.0 Å². The zero-order chi connectivity index (χ0) is 14.9. The Bertz CT molecular complexity index is 516. The Balaban J connectivity index is 2.18. The molecule has 0 spiro atoms. The maximum atomic E-state index is 13.1. The summed E-state index contributed by atoms with van der Waals surface area (Å²) >= 11 is 0.